The van der Waals surface area contributed by atoms with Crippen LogP contribution in [-0.4, -0.2) is 44.9 Å². The molecule has 0 spiro atoms. The van der Waals surface area contributed by atoms with Crippen molar-refractivity contribution >= 4 is 34.2 Å². The van der Waals surface area contributed by atoms with E-state index < -0.39 is 43.8 Å². The molecule has 0 saturated carbocycles. The van der Waals surface area contributed by atoms with Crippen LogP contribution in [-0.2, 0) is 29.8 Å². The third-order valence-electron chi connectivity index (χ3n) is 3.06. The van der Waals surface area contributed by atoms with E-state index in [1.165, 1.54) is 27.7 Å². The molecule has 0 radical (unpaired) electrons. The highest BCUT2D eigenvalue weighted by molar-refractivity contribution is 8.31. The van der Waals surface area contributed by atoms with Gasteiger partial charge in [-0.2, -0.15) is 8.42 Å². The molecule has 0 aliphatic rings. The van der Waals surface area contributed by atoms with Crippen LogP contribution < -0.4 is 4.18 Å². The van der Waals surface area contributed by atoms with Gasteiger partial charge in [-0.05, 0) is 52.0 Å². The number of benzene rings is 1. The molecule has 0 N–H and O–H groups in total. The van der Waals surface area contributed by atoms with E-state index in [2.05, 4.69) is 4.79 Å². The molecule has 9 nitrogen and oxygen atoms in total. The molecule has 0 atom stereocenters. The van der Waals surface area contributed by atoms with Crippen LogP contribution in [0, 0.1) is 0 Å². The van der Waals surface area contributed by atoms with Crippen LogP contribution in [0.2, 0.25) is 0 Å². The van der Waals surface area contributed by atoms with Gasteiger partial charge in [-0.3, -0.25) is 0 Å². The minimum absolute atomic E-state index is 0.137. The lowest BCUT2D eigenvalue weighted by Gasteiger charge is -2.15. The summed E-state index contributed by atoms with van der Waals surface area (Å²) in [6.45, 7) is 5.15. The molecule has 0 aromatic heterocycles. The molecular weight excluding hydrogens is 392 g/mol. The maximum Gasteiger partial charge on any atom is 0.500 e. The number of sulfone groups is 2. The molecule has 1 aromatic rings. The molecule has 0 fully saturated rings. The number of rotatable bonds is 4. The first-order chi connectivity index (χ1) is 11.2. The molecule has 0 unspecified atom stereocenters. The molecule has 0 aliphatic heterocycles. The second-order valence-electron chi connectivity index (χ2n) is 5.89. The van der Waals surface area contributed by atoms with E-state index in [0.717, 1.165) is 24.3 Å². The van der Waals surface area contributed by atoms with Gasteiger partial charge in [0.25, 0.3) is 19.7 Å². The first kappa shape index (κ1) is 21.3. The molecular formula is C13H18N2O7S3. The first-order valence-electron chi connectivity index (χ1n) is 6.93. The van der Waals surface area contributed by atoms with Crippen molar-refractivity contribution in [1.29, 1.82) is 0 Å². The third kappa shape index (κ3) is 4.46. The van der Waals surface area contributed by atoms with Gasteiger partial charge >= 0.3 is 14.5 Å². The van der Waals surface area contributed by atoms with Crippen LogP contribution in [0.4, 0.5) is 0 Å². The smallest absolute Gasteiger partial charge is 0.382 e. The van der Waals surface area contributed by atoms with Crippen LogP contribution in [0.1, 0.15) is 27.7 Å². The molecule has 0 saturated heterocycles. The van der Waals surface area contributed by atoms with Crippen LogP contribution in [0.15, 0.2) is 29.2 Å². The lowest BCUT2D eigenvalue weighted by atomic mass is 10.3. The van der Waals surface area contributed by atoms with Gasteiger partial charge in [-0.15, -0.1) is 4.79 Å². The van der Waals surface area contributed by atoms with E-state index in [-0.39, 0.29) is 11.5 Å². The van der Waals surface area contributed by atoms with Crippen molar-refractivity contribution in [2.24, 2.45) is 0 Å². The summed E-state index contributed by atoms with van der Waals surface area (Å²) < 4.78 is 74.2. The zero-order chi connectivity index (χ0) is 19.7. The van der Waals surface area contributed by atoms with Gasteiger partial charge in [0.15, 0.2) is 0 Å². The van der Waals surface area contributed by atoms with Gasteiger partial charge in [0, 0.05) is 0 Å². The Morgan fingerprint density at radius 1 is 1.04 bits per heavy atom. The highest BCUT2D eigenvalue weighted by atomic mass is 32.3. The summed E-state index contributed by atoms with van der Waals surface area (Å²) in [5.74, 6) is -0.417. The largest absolute Gasteiger partial charge is 0.500 e. The van der Waals surface area contributed by atoms with Gasteiger partial charge in [0.2, 0.25) is 0 Å². The van der Waals surface area contributed by atoms with E-state index in [4.69, 9.17) is 9.71 Å². The Morgan fingerprint density at radius 2 is 1.52 bits per heavy atom. The van der Waals surface area contributed by atoms with Crippen LogP contribution >= 0.6 is 0 Å². The topological polar surface area (TPSA) is 148 Å². The van der Waals surface area contributed by atoms with Crippen molar-refractivity contribution in [2.75, 3.05) is 5.75 Å². The third-order valence-corrected chi connectivity index (χ3v) is 9.12. The summed E-state index contributed by atoms with van der Waals surface area (Å²) in [5, 5.41) is 0. The highest BCUT2D eigenvalue weighted by Crippen LogP contribution is 2.25. The summed E-state index contributed by atoms with van der Waals surface area (Å²) >= 11 is 0. The molecule has 140 valence electrons. The molecule has 0 bridgehead atoms. The molecule has 12 heteroatoms. The van der Waals surface area contributed by atoms with E-state index in [1.807, 2.05) is 0 Å². The molecule has 25 heavy (non-hydrogen) atoms. The Morgan fingerprint density at radius 3 is 1.88 bits per heavy atom. The van der Waals surface area contributed by atoms with Crippen LogP contribution in [0.25, 0.3) is 5.53 Å². The van der Waals surface area contributed by atoms with Gasteiger partial charge in [0.05, 0.1) is 15.4 Å². The number of hydrogen-bond donors (Lipinski definition) is 0. The molecule has 1 rings (SSSR count). The van der Waals surface area contributed by atoms with Crippen molar-refractivity contribution in [3.63, 3.8) is 0 Å². The minimum atomic E-state index is -4.65. The van der Waals surface area contributed by atoms with E-state index in [9.17, 15) is 25.3 Å². The standard InChI is InChI=1S/C13H18N2O7S3/c1-5-23(16,17)22-10-6-8-11(9-7-10)24(18,19)12(15-14)25(20,21)13(2,3)4/h6-9H,5H2,1-4H3. The number of hydrogen-bond acceptors (Lipinski definition) is 7. The molecule has 1 aromatic carbocycles. The molecule has 0 amide bonds. The Bertz CT molecular complexity index is 1010. The van der Waals surface area contributed by atoms with Crippen molar-refractivity contribution in [2.45, 2.75) is 37.3 Å². The summed E-state index contributed by atoms with van der Waals surface area (Å²) in [6, 6.07) is 4.02. The monoisotopic (exact) mass is 410 g/mol. The fraction of sp³-hybridized carbons (Fsp3) is 0.462. The van der Waals surface area contributed by atoms with Crippen molar-refractivity contribution in [3.05, 3.63) is 29.8 Å². The van der Waals surface area contributed by atoms with E-state index in [1.54, 1.807) is 0 Å². The summed E-state index contributed by atoms with van der Waals surface area (Å²) in [4.78, 5) is 1.99. The minimum Gasteiger partial charge on any atom is -0.382 e. The summed E-state index contributed by atoms with van der Waals surface area (Å²) in [5.41, 5.74) is 8.99. The Hall–Kier alpha value is -1.75. The Labute approximate surface area is 147 Å². The summed E-state index contributed by atoms with van der Waals surface area (Å²) in [6.07, 6.45) is 0. The van der Waals surface area contributed by atoms with Gasteiger partial charge in [-0.1, -0.05) is 0 Å². The lowest BCUT2D eigenvalue weighted by molar-refractivity contribution is 0.00366. The van der Waals surface area contributed by atoms with Gasteiger partial charge in [-0.25, -0.2) is 16.8 Å². The van der Waals surface area contributed by atoms with Crippen molar-refractivity contribution < 1.29 is 34.2 Å². The zero-order valence-electron chi connectivity index (χ0n) is 14.0. The number of nitrogens with zero attached hydrogens (tertiary/aromatic N) is 2. The van der Waals surface area contributed by atoms with Crippen molar-refractivity contribution in [3.8, 4) is 5.75 Å². The maximum atomic E-state index is 12.5. The quantitative estimate of drug-likeness (QED) is 0.236. The fourth-order valence-corrected chi connectivity index (χ4v) is 5.65. The Balaban J connectivity index is 3.39. The molecule has 0 aliphatic carbocycles. The van der Waals surface area contributed by atoms with Gasteiger partial charge < -0.3 is 9.71 Å². The second kappa shape index (κ2) is 6.87. The van der Waals surface area contributed by atoms with E-state index in [0.29, 0.717) is 0 Å². The normalized spacial score (nSPS) is 13.1. The highest BCUT2D eigenvalue weighted by Gasteiger charge is 2.49. The zero-order valence-corrected chi connectivity index (χ0v) is 16.4. The maximum absolute atomic E-state index is 12.5. The van der Waals surface area contributed by atoms with Crippen LogP contribution in [0.5, 0.6) is 5.75 Å². The first-order valence-corrected chi connectivity index (χ1v) is 11.5. The SMILES string of the molecule is CCS(=O)(=O)Oc1ccc(S(=O)(=O)C(=[N+]=[N-])S(=O)(=O)C(C)(C)C)cc1. The predicted octanol–water partition coefficient (Wildman–Crippen LogP) is 0.988. The Kier molecular flexibility index (Phi) is 5.85. The summed E-state index contributed by atoms with van der Waals surface area (Å²) in [7, 11) is -12.9. The van der Waals surface area contributed by atoms with Crippen LogP contribution in [0.3, 0.4) is 0 Å². The molecule has 0 heterocycles. The van der Waals surface area contributed by atoms with Gasteiger partial charge in [0.1, 0.15) is 5.75 Å². The van der Waals surface area contributed by atoms with E-state index >= 15 is 0 Å². The fourth-order valence-electron chi connectivity index (χ4n) is 1.49. The average Bonchev–Trinajstić information content (AvgIpc) is 2.46. The van der Waals surface area contributed by atoms with Crippen molar-refractivity contribution in [1.82, 2.24) is 0 Å². The lowest BCUT2D eigenvalue weighted by Crippen LogP contribution is -2.39. The average molecular weight is 410 g/mol. The predicted molar refractivity (Wildman–Crippen MR) is 91.0 cm³/mol. The second-order valence-corrected chi connectivity index (χ2v) is 12.5.